The Hall–Kier alpha value is -3.48. The lowest BCUT2D eigenvalue weighted by Crippen LogP contribution is -2.53. The Morgan fingerprint density at radius 3 is 2.38 bits per heavy atom. The highest BCUT2D eigenvalue weighted by atomic mass is 16.2. The molecule has 0 aliphatic carbocycles. The average molecular weight is 430 g/mol. The van der Waals surface area contributed by atoms with Crippen molar-refractivity contribution in [1.29, 1.82) is 0 Å². The zero-order valence-corrected chi connectivity index (χ0v) is 18.1. The number of hydrogen-bond donors (Lipinski definition) is 0. The quantitative estimate of drug-likeness (QED) is 0.640. The highest BCUT2D eigenvalue weighted by Crippen LogP contribution is 2.25. The van der Waals surface area contributed by atoms with Crippen LogP contribution < -0.4 is 4.90 Å². The van der Waals surface area contributed by atoms with E-state index in [0.29, 0.717) is 37.7 Å². The van der Waals surface area contributed by atoms with Crippen molar-refractivity contribution < 1.29 is 9.59 Å². The van der Waals surface area contributed by atoms with Crippen molar-refractivity contribution in [3.05, 3.63) is 66.5 Å². The molecule has 1 atom stereocenters. The van der Waals surface area contributed by atoms with Gasteiger partial charge in [-0.25, -0.2) is 9.97 Å². The van der Waals surface area contributed by atoms with Crippen molar-refractivity contribution in [3.8, 4) is 0 Å². The van der Waals surface area contributed by atoms with Gasteiger partial charge in [-0.15, -0.1) is 0 Å². The molecule has 2 aliphatic heterocycles. The number of piperidine rings is 1. The van der Waals surface area contributed by atoms with Crippen LogP contribution in [-0.4, -0.2) is 70.9 Å². The van der Waals surface area contributed by atoms with Crippen molar-refractivity contribution in [1.82, 2.24) is 19.8 Å². The van der Waals surface area contributed by atoms with Crippen molar-refractivity contribution in [2.75, 3.05) is 44.2 Å². The summed E-state index contributed by atoms with van der Waals surface area (Å²) in [6.07, 6.45) is 5.16. The molecule has 1 aromatic heterocycles. The normalized spacial score (nSPS) is 19.2. The molecular formula is C25H27N5O2. The lowest BCUT2D eigenvalue weighted by Gasteiger charge is -2.39. The van der Waals surface area contributed by atoms with Crippen molar-refractivity contribution in [3.63, 3.8) is 0 Å². The van der Waals surface area contributed by atoms with E-state index in [1.165, 1.54) is 0 Å². The van der Waals surface area contributed by atoms with Crippen LogP contribution in [0.3, 0.4) is 0 Å². The molecular weight excluding hydrogens is 402 g/mol. The molecule has 7 nitrogen and oxygen atoms in total. The van der Waals surface area contributed by atoms with Gasteiger partial charge < -0.3 is 14.7 Å². The Labute approximate surface area is 187 Å². The van der Waals surface area contributed by atoms with Gasteiger partial charge in [0.15, 0.2) is 0 Å². The van der Waals surface area contributed by atoms with Crippen LogP contribution in [0, 0.1) is 5.92 Å². The summed E-state index contributed by atoms with van der Waals surface area (Å²) < 4.78 is 0. The number of carbonyl (C=O) groups is 2. The van der Waals surface area contributed by atoms with Gasteiger partial charge in [0.05, 0.1) is 5.92 Å². The molecule has 0 spiro atoms. The highest BCUT2D eigenvalue weighted by molar-refractivity contribution is 6.07. The molecule has 0 radical (unpaired) electrons. The molecule has 3 aromatic rings. The summed E-state index contributed by atoms with van der Waals surface area (Å²) in [4.78, 5) is 41.1. The van der Waals surface area contributed by atoms with Crippen LogP contribution in [0.15, 0.2) is 60.9 Å². The predicted octanol–water partition coefficient (Wildman–Crippen LogP) is 2.83. The maximum Gasteiger partial charge on any atom is 0.254 e. The van der Waals surface area contributed by atoms with Gasteiger partial charge in [-0.05, 0) is 35.7 Å². The van der Waals surface area contributed by atoms with Crippen molar-refractivity contribution >= 4 is 28.5 Å². The van der Waals surface area contributed by atoms with E-state index in [2.05, 4.69) is 14.9 Å². The molecule has 7 heteroatoms. The van der Waals surface area contributed by atoms with Crippen LogP contribution in [-0.2, 0) is 4.79 Å². The number of hydrogen-bond acceptors (Lipinski definition) is 5. The van der Waals surface area contributed by atoms with Gasteiger partial charge in [-0.1, -0.05) is 36.4 Å². The van der Waals surface area contributed by atoms with E-state index in [4.69, 9.17) is 0 Å². The van der Waals surface area contributed by atoms with Crippen LogP contribution >= 0.6 is 0 Å². The smallest absolute Gasteiger partial charge is 0.254 e. The minimum absolute atomic E-state index is 0.0188. The van der Waals surface area contributed by atoms with Gasteiger partial charge in [-0.2, -0.15) is 0 Å². The summed E-state index contributed by atoms with van der Waals surface area (Å²) in [5, 5.41) is 2.02. The van der Waals surface area contributed by atoms with Gasteiger partial charge >= 0.3 is 0 Å². The molecule has 1 unspecified atom stereocenters. The van der Waals surface area contributed by atoms with Crippen LogP contribution in [0.5, 0.6) is 0 Å². The van der Waals surface area contributed by atoms with E-state index >= 15 is 0 Å². The first-order chi connectivity index (χ1) is 15.7. The first-order valence-electron chi connectivity index (χ1n) is 11.3. The van der Waals surface area contributed by atoms with E-state index in [1.807, 2.05) is 52.3 Å². The van der Waals surface area contributed by atoms with Gasteiger partial charge in [0.2, 0.25) is 11.9 Å². The third kappa shape index (κ3) is 4.02. The number of benzene rings is 2. The second-order valence-corrected chi connectivity index (χ2v) is 8.48. The van der Waals surface area contributed by atoms with Gasteiger partial charge in [0.1, 0.15) is 0 Å². The van der Waals surface area contributed by atoms with Crippen LogP contribution in [0.25, 0.3) is 10.8 Å². The predicted molar refractivity (Wildman–Crippen MR) is 123 cm³/mol. The third-order valence-electron chi connectivity index (χ3n) is 6.50. The minimum atomic E-state index is -0.137. The Morgan fingerprint density at radius 2 is 1.56 bits per heavy atom. The fraction of sp³-hybridized carbons (Fsp3) is 0.360. The van der Waals surface area contributed by atoms with E-state index in [-0.39, 0.29) is 17.7 Å². The number of amides is 2. The average Bonchev–Trinajstić information content (AvgIpc) is 2.88. The first-order valence-corrected chi connectivity index (χ1v) is 11.3. The largest absolute Gasteiger partial charge is 0.339 e. The number of piperazine rings is 1. The Morgan fingerprint density at radius 1 is 0.812 bits per heavy atom. The van der Waals surface area contributed by atoms with Gasteiger partial charge in [0, 0.05) is 57.2 Å². The number of rotatable bonds is 3. The maximum atomic E-state index is 13.3. The molecule has 2 aromatic carbocycles. The number of anilines is 1. The molecule has 2 fully saturated rings. The second-order valence-electron chi connectivity index (χ2n) is 8.48. The lowest BCUT2D eigenvalue weighted by molar-refractivity contribution is -0.137. The van der Waals surface area contributed by atoms with Crippen LogP contribution in [0.2, 0.25) is 0 Å². The molecule has 2 amide bonds. The van der Waals surface area contributed by atoms with Crippen molar-refractivity contribution in [2.24, 2.45) is 5.92 Å². The third-order valence-corrected chi connectivity index (χ3v) is 6.50. The topological polar surface area (TPSA) is 69.6 Å². The molecule has 0 bridgehead atoms. The minimum Gasteiger partial charge on any atom is -0.339 e. The second kappa shape index (κ2) is 8.94. The molecule has 164 valence electrons. The van der Waals surface area contributed by atoms with Gasteiger partial charge in [0.25, 0.3) is 5.91 Å². The maximum absolute atomic E-state index is 13.3. The molecule has 2 aliphatic rings. The van der Waals surface area contributed by atoms with Crippen LogP contribution in [0.4, 0.5) is 5.95 Å². The van der Waals surface area contributed by atoms with E-state index in [0.717, 1.165) is 36.7 Å². The van der Waals surface area contributed by atoms with E-state index in [9.17, 15) is 9.59 Å². The Kier molecular flexibility index (Phi) is 5.71. The monoisotopic (exact) mass is 429 g/mol. The fourth-order valence-corrected chi connectivity index (χ4v) is 4.78. The SMILES string of the molecule is O=C(c1cccc2ccccc12)N1CCCC(C(=O)N2CCN(c3ncccn3)CC2)C1. The molecule has 3 heterocycles. The number of carbonyl (C=O) groups excluding carboxylic acids is 2. The summed E-state index contributed by atoms with van der Waals surface area (Å²) in [5.41, 5.74) is 0.715. The summed E-state index contributed by atoms with van der Waals surface area (Å²) in [7, 11) is 0. The van der Waals surface area contributed by atoms with Crippen molar-refractivity contribution in [2.45, 2.75) is 12.8 Å². The highest BCUT2D eigenvalue weighted by Gasteiger charge is 2.33. The Balaban J connectivity index is 1.24. The standard InChI is InChI=1S/C25H27N5O2/c31-23(28-14-16-29(17-15-28)25-26-11-5-12-27-25)20-8-4-13-30(18-20)24(32)22-10-3-7-19-6-1-2-9-21(19)22/h1-3,5-7,9-12,20H,4,8,13-18H2. The summed E-state index contributed by atoms with van der Waals surface area (Å²) >= 11 is 0. The molecule has 0 N–H and O–H groups in total. The number of nitrogens with zero attached hydrogens (tertiary/aromatic N) is 5. The number of likely N-dealkylation sites (tertiary alicyclic amines) is 1. The Bertz CT molecular complexity index is 1110. The van der Waals surface area contributed by atoms with Gasteiger partial charge in [-0.3, -0.25) is 9.59 Å². The van der Waals surface area contributed by atoms with E-state index < -0.39 is 0 Å². The first kappa shape index (κ1) is 20.4. The molecule has 0 saturated carbocycles. The van der Waals surface area contributed by atoms with E-state index in [1.54, 1.807) is 18.5 Å². The zero-order chi connectivity index (χ0) is 21.9. The summed E-state index contributed by atoms with van der Waals surface area (Å²) in [5.74, 6) is 0.755. The zero-order valence-electron chi connectivity index (χ0n) is 18.1. The van der Waals surface area contributed by atoms with Crippen LogP contribution in [0.1, 0.15) is 23.2 Å². The molecule has 2 saturated heterocycles. The fourth-order valence-electron chi connectivity index (χ4n) is 4.78. The number of aromatic nitrogens is 2. The summed E-state index contributed by atoms with van der Waals surface area (Å²) in [6, 6.07) is 15.6. The summed E-state index contributed by atoms with van der Waals surface area (Å²) in [6.45, 7) is 3.95. The number of fused-ring (bicyclic) bond motifs is 1. The lowest BCUT2D eigenvalue weighted by atomic mass is 9.95. The molecule has 5 rings (SSSR count). The molecule has 32 heavy (non-hydrogen) atoms.